The Morgan fingerprint density at radius 1 is 1.00 bits per heavy atom. The lowest BCUT2D eigenvalue weighted by Crippen LogP contribution is -2.16. The van der Waals surface area contributed by atoms with Crippen molar-refractivity contribution in [2.75, 3.05) is 0 Å². The molecule has 2 aromatic carbocycles. The number of carboxylic acid groups (broad SMARTS) is 1. The third-order valence-electron chi connectivity index (χ3n) is 4.26. The van der Waals surface area contributed by atoms with Crippen molar-refractivity contribution in [3.05, 3.63) is 70.8 Å². The molecule has 0 fully saturated rings. The highest BCUT2D eigenvalue weighted by atomic mass is 16.4. The van der Waals surface area contributed by atoms with Crippen LogP contribution in [0.25, 0.3) is 0 Å². The zero-order valence-corrected chi connectivity index (χ0v) is 14.7. The lowest BCUT2D eigenvalue weighted by atomic mass is 9.84. The number of benzene rings is 2. The third-order valence-corrected chi connectivity index (χ3v) is 4.26. The molecule has 1 atom stereocenters. The molecule has 4 nitrogen and oxygen atoms in total. The Hall–Kier alpha value is -2.75. The van der Waals surface area contributed by atoms with Gasteiger partial charge in [0.25, 0.3) is 0 Å². The Morgan fingerprint density at radius 3 is 2.00 bits per heavy atom. The molecule has 0 heterocycles. The van der Waals surface area contributed by atoms with Crippen LogP contribution >= 0.6 is 0 Å². The lowest BCUT2D eigenvalue weighted by Gasteiger charge is -2.20. The summed E-state index contributed by atoms with van der Waals surface area (Å²) in [5.74, 6) is -2.14. The van der Waals surface area contributed by atoms with E-state index in [1.807, 2.05) is 24.3 Å². The molecule has 0 aliphatic carbocycles. The van der Waals surface area contributed by atoms with E-state index < -0.39 is 17.7 Å². The van der Waals surface area contributed by atoms with Crippen molar-refractivity contribution in [3.8, 4) is 0 Å². The third kappa shape index (κ3) is 4.63. The largest absolute Gasteiger partial charge is 0.481 e. The fourth-order valence-corrected chi connectivity index (χ4v) is 2.67. The second kappa shape index (κ2) is 7.43. The van der Waals surface area contributed by atoms with Crippen LogP contribution in [0.3, 0.4) is 0 Å². The predicted molar refractivity (Wildman–Crippen MR) is 96.1 cm³/mol. The summed E-state index contributed by atoms with van der Waals surface area (Å²) in [5, 5.41) is 9.60. The first-order valence-corrected chi connectivity index (χ1v) is 8.14. The van der Waals surface area contributed by atoms with Gasteiger partial charge in [0.05, 0.1) is 5.92 Å². The van der Waals surface area contributed by atoms with Gasteiger partial charge in [-0.1, -0.05) is 69.3 Å². The first kappa shape index (κ1) is 18.6. The van der Waals surface area contributed by atoms with Crippen LogP contribution in [-0.4, -0.2) is 23.1 Å². The van der Waals surface area contributed by atoms with E-state index in [0.29, 0.717) is 12.0 Å². The van der Waals surface area contributed by atoms with Crippen LogP contribution in [-0.2, 0) is 21.4 Å². The van der Waals surface area contributed by atoms with E-state index in [1.54, 1.807) is 24.3 Å². The first-order valence-electron chi connectivity index (χ1n) is 8.14. The molecule has 4 heteroatoms. The Balaban J connectivity index is 2.23. The number of hydrogen-bond acceptors (Lipinski definition) is 3. The maximum absolute atomic E-state index is 11.7. The predicted octanol–water partition coefficient (Wildman–Crippen LogP) is 3.78. The van der Waals surface area contributed by atoms with Gasteiger partial charge >= 0.3 is 5.97 Å². The number of carbonyl (C=O) groups is 3. The summed E-state index contributed by atoms with van der Waals surface area (Å²) in [7, 11) is 0. The highest BCUT2D eigenvalue weighted by molar-refractivity contribution is 6.33. The Kier molecular flexibility index (Phi) is 5.52. The maximum Gasteiger partial charge on any atom is 0.311 e. The van der Waals surface area contributed by atoms with Crippen molar-refractivity contribution in [2.24, 2.45) is 0 Å². The van der Waals surface area contributed by atoms with Crippen molar-refractivity contribution in [1.82, 2.24) is 0 Å². The molecule has 0 aliphatic rings. The molecule has 0 bridgehead atoms. The monoisotopic (exact) mass is 338 g/mol. The quantitative estimate of drug-likeness (QED) is 0.494. The van der Waals surface area contributed by atoms with Crippen LogP contribution in [0.4, 0.5) is 0 Å². The molecule has 0 saturated heterocycles. The van der Waals surface area contributed by atoms with Gasteiger partial charge in [0, 0.05) is 5.56 Å². The molecule has 25 heavy (non-hydrogen) atoms. The van der Waals surface area contributed by atoms with Crippen LogP contribution in [0.1, 0.15) is 53.7 Å². The molecule has 0 radical (unpaired) electrons. The average molecular weight is 338 g/mol. The molecule has 0 aromatic heterocycles. The van der Waals surface area contributed by atoms with Crippen molar-refractivity contribution in [1.29, 1.82) is 0 Å². The zero-order valence-electron chi connectivity index (χ0n) is 14.7. The summed E-state index contributed by atoms with van der Waals surface area (Å²) in [6.07, 6.45) is 0.589. The highest BCUT2D eigenvalue weighted by Crippen LogP contribution is 2.26. The topological polar surface area (TPSA) is 71.4 Å². The molecule has 2 aromatic rings. The number of carbonyl (C=O) groups excluding carboxylic acids is 2. The average Bonchev–Trinajstić information content (AvgIpc) is 2.58. The minimum Gasteiger partial charge on any atom is -0.481 e. The van der Waals surface area contributed by atoms with Gasteiger partial charge in [-0.3, -0.25) is 14.4 Å². The molecule has 1 N–H and O–H groups in total. The van der Waals surface area contributed by atoms with Crippen molar-refractivity contribution in [2.45, 2.75) is 38.5 Å². The second-order valence-corrected chi connectivity index (χ2v) is 7.15. The van der Waals surface area contributed by atoms with Gasteiger partial charge in [0.1, 0.15) is 0 Å². The Bertz CT molecular complexity index is 765. The van der Waals surface area contributed by atoms with Crippen molar-refractivity contribution in [3.63, 3.8) is 0 Å². The van der Waals surface area contributed by atoms with Crippen molar-refractivity contribution >= 4 is 18.0 Å². The van der Waals surface area contributed by atoms with Crippen LogP contribution < -0.4 is 0 Å². The van der Waals surface area contributed by atoms with E-state index in [2.05, 4.69) is 20.8 Å². The van der Waals surface area contributed by atoms with E-state index in [-0.39, 0.29) is 11.7 Å². The van der Waals surface area contributed by atoms with Gasteiger partial charge in [0.15, 0.2) is 6.29 Å². The fraction of sp³-hybridized carbons (Fsp3) is 0.286. The van der Waals surface area contributed by atoms with Crippen LogP contribution in [0.2, 0.25) is 0 Å². The summed E-state index contributed by atoms with van der Waals surface area (Å²) >= 11 is 0. The number of rotatable bonds is 6. The molecule has 1 unspecified atom stereocenters. The molecule has 0 amide bonds. The maximum atomic E-state index is 11.7. The van der Waals surface area contributed by atoms with E-state index in [9.17, 15) is 19.5 Å². The summed E-state index contributed by atoms with van der Waals surface area (Å²) in [6.45, 7) is 6.33. The summed E-state index contributed by atoms with van der Waals surface area (Å²) in [4.78, 5) is 33.5. The van der Waals surface area contributed by atoms with Crippen LogP contribution in [0.15, 0.2) is 48.5 Å². The fourth-order valence-electron chi connectivity index (χ4n) is 2.67. The summed E-state index contributed by atoms with van der Waals surface area (Å²) in [5.41, 5.74) is 3.01. The summed E-state index contributed by atoms with van der Waals surface area (Å²) in [6, 6.07) is 14.1. The molecule has 0 aliphatic heterocycles. The molecular formula is C21H22O4. The van der Waals surface area contributed by atoms with Gasteiger partial charge in [-0.15, -0.1) is 0 Å². The van der Waals surface area contributed by atoms with Crippen LogP contribution in [0.5, 0.6) is 0 Å². The second-order valence-electron chi connectivity index (χ2n) is 7.15. The first-order chi connectivity index (χ1) is 11.7. The van der Waals surface area contributed by atoms with Gasteiger partial charge < -0.3 is 5.11 Å². The SMILES string of the molecule is CC(C)(C)c1ccc(C(Cc2ccc(C(=O)C=O)cc2)C(=O)O)cc1. The van der Waals surface area contributed by atoms with E-state index >= 15 is 0 Å². The van der Waals surface area contributed by atoms with Gasteiger partial charge in [-0.25, -0.2) is 0 Å². The number of aliphatic carboxylic acids is 1. The highest BCUT2D eigenvalue weighted by Gasteiger charge is 2.21. The van der Waals surface area contributed by atoms with Crippen molar-refractivity contribution < 1.29 is 19.5 Å². The summed E-state index contributed by atoms with van der Waals surface area (Å²) < 4.78 is 0. The lowest BCUT2D eigenvalue weighted by molar-refractivity contribution is -0.138. The Labute approximate surface area is 147 Å². The van der Waals surface area contributed by atoms with E-state index in [1.165, 1.54) is 0 Å². The normalized spacial score (nSPS) is 12.4. The number of ketones is 1. The van der Waals surface area contributed by atoms with Gasteiger partial charge in [0.2, 0.25) is 5.78 Å². The van der Waals surface area contributed by atoms with Gasteiger partial charge in [-0.05, 0) is 28.5 Å². The number of carboxylic acids is 1. The van der Waals surface area contributed by atoms with E-state index in [0.717, 1.165) is 16.7 Å². The Morgan fingerprint density at radius 2 is 1.56 bits per heavy atom. The number of Topliss-reactive ketones (excluding diaryl/α,β-unsaturated/α-hetero) is 1. The molecular weight excluding hydrogens is 316 g/mol. The number of aldehydes is 1. The molecule has 130 valence electrons. The van der Waals surface area contributed by atoms with Gasteiger partial charge in [-0.2, -0.15) is 0 Å². The number of hydrogen-bond donors (Lipinski definition) is 1. The van der Waals surface area contributed by atoms with E-state index in [4.69, 9.17) is 0 Å². The minimum absolute atomic E-state index is 0.0121. The van der Waals surface area contributed by atoms with Crippen LogP contribution in [0, 0.1) is 0 Å². The molecule has 0 saturated carbocycles. The molecule has 0 spiro atoms. The minimum atomic E-state index is -0.892. The standard InChI is InChI=1S/C21H22O4/c1-21(2,3)17-10-8-15(9-11-17)18(20(24)25)12-14-4-6-16(7-5-14)19(23)13-22/h4-11,13,18H,12H2,1-3H3,(H,24,25). The smallest absolute Gasteiger partial charge is 0.311 e. The molecule has 2 rings (SSSR count). The zero-order chi connectivity index (χ0) is 18.6.